The fourth-order valence-corrected chi connectivity index (χ4v) is 0.748. The minimum atomic E-state index is -1.24. The Morgan fingerprint density at radius 1 is 1.30 bits per heavy atom. The second-order valence-corrected chi connectivity index (χ2v) is 1.86. The topological polar surface area (TPSA) is 44.8 Å². The highest BCUT2D eigenvalue weighted by atomic mass is 17.0. The summed E-state index contributed by atoms with van der Waals surface area (Å²) >= 11 is 0. The van der Waals surface area contributed by atoms with Gasteiger partial charge in [-0.25, -0.2) is 4.79 Å². The van der Waals surface area contributed by atoms with Gasteiger partial charge in [-0.3, -0.25) is 0 Å². The van der Waals surface area contributed by atoms with E-state index >= 15 is 0 Å². The first-order valence-electron chi connectivity index (χ1n) is 2.75. The largest absolute Gasteiger partial charge is 0.520 e. The van der Waals surface area contributed by atoms with E-state index in [4.69, 9.17) is 4.74 Å². The fraction of sp³-hybridized carbons (Fsp3) is 0.167. The molecule has 1 fully saturated rings. The van der Waals surface area contributed by atoms with Gasteiger partial charge in [0.25, 0.3) is 0 Å². The van der Waals surface area contributed by atoms with E-state index in [-0.39, 0.29) is 0 Å². The van der Waals surface area contributed by atoms with Gasteiger partial charge in [-0.2, -0.15) is 0 Å². The molecule has 0 saturated carbocycles. The Hall–Kier alpha value is -1.45. The van der Waals surface area contributed by atoms with Crippen molar-refractivity contribution in [2.45, 2.75) is 5.97 Å². The van der Waals surface area contributed by atoms with E-state index in [1.54, 1.807) is 12.2 Å². The van der Waals surface area contributed by atoms with Crippen molar-refractivity contribution in [2.24, 2.45) is 0 Å². The number of rotatable bonds is 0. The van der Waals surface area contributed by atoms with Gasteiger partial charge in [0.15, 0.2) is 0 Å². The molecule has 0 aromatic carbocycles. The van der Waals surface area contributed by atoms with E-state index in [2.05, 4.69) is 9.47 Å². The van der Waals surface area contributed by atoms with Crippen LogP contribution in [0.25, 0.3) is 0 Å². The molecule has 52 valence electrons. The number of carbonyl (C=O) groups is 1. The lowest BCUT2D eigenvalue weighted by Gasteiger charge is -2.35. The molecule has 0 aromatic rings. The van der Waals surface area contributed by atoms with Crippen LogP contribution < -0.4 is 0 Å². The molecule has 4 heteroatoms. The lowest BCUT2D eigenvalue weighted by Crippen LogP contribution is -2.50. The normalized spacial score (nSPS) is 24.6. The summed E-state index contributed by atoms with van der Waals surface area (Å²) in [6.45, 7) is 0. The van der Waals surface area contributed by atoms with Gasteiger partial charge in [0, 0.05) is 6.08 Å². The molecule has 0 aliphatic carbocycles. The summed E-state index contributed by atoms with van der Waals surface area (Å²) in [6, 6.07) is 0. The number of hydrogen-bond donors (Lipinski definition) is 0. The first-order valence-corrected chi connectivity index (χ1v) is 2.75. The second kappa shape index (κ2) is 1.53. The van der Waals surface area contributed by atoms with E-state index in [1.165, 1.54) is 12.3 Å². The maximum atomic E-state index is 10.2. The lowest BCUT2D eigenvalue weighted by molar-refractivity contribution is -0.356. The molecule has 0 bridgehead atoms. The maximum Gasteiger partial charge on any atom is 0.520 e. The van der Waals surface area contributed by atoms with Crippen LogP contribution in [0.4, 0.5) is 4.79 Å². The monoisotopic (exact) mass is 140 g/mol. The summed E-state index contributed by atoms with van der Waals surface area (Å²) in [5.74, 6) is -1.24. The molecule has 2 aliphatic rings. The zero-order chi connectivity index (χ0) is 7.03. The maximum absolute atomic E-state index is 10.2. The Bertz CT molecular complexity index is 214. The van der Waals surface area contributed by atoms with Crippen molar-refractivity contribution in [3.05, 3.63) is 24.5 Å². The van der Waals surface area contributed by atoms with Crippen LogP contribution in [0.15, 0.2) is 24.5 Å². The molecule has 0 unspecified atom stereocenters. The van der Waals surface area contributed by atoms with Crippen LogP contribution >= 0.6 is 0 Å². The first kappa shape index (κ1) is 5.34. The third kappa shape index (κ3) is 0.586. The molecule has 2 heterocycles. The molecular weight excluding hydrogens is 136 g/mol. The van der Waals surface area contributed by atoms with Gasteiger partial charge < -0.3 is 14.2 Å². The number of ether oxygens (including phenoxy) is 3. The van der Waals surface area contributed by atoms with Crippen LogP contribution in [0, 0.1) is 0 Å². The van der Waals surface area contributed by atoms with Gasteiger partial charge in [0.05, 0.1) is 6.26 Å². The Labute approximate surface area is 56.7 Å². The van der Waals surface area contributed by atoms with Crippen molar-refractivity contribution in [1.29, 1.82) is 0 Å². The predicted octanol–water partition coefficient (Wildman–Crippen LogP) is 0.907. The third-order valence-electron chi connectivity index (χ3n) is 1.17. The van der Waals surface area contributed by atoms with Gasteiger partial charge in [0.1, 0.15) is 0 Å². The standard InChI is InChI=1S/C6H4O4/c7-5-9-6(10-5)3-1-2-4-8-6/h1-4H. The van der Waals surface area contributed by atoms with E-state index in [9.17, 15) is 4.79 Å². The number of carbonyl (C=O) groups excluding carboxylic acids is 1. The first-order chi connectivity index (χ1) is 4.81. The average Bonchev–Trinajstić information content (AvgIpc) is 1.87. The second-order valence-electron chi connectivity index (χ2n) is 1.86. The average molecular weight is 140 g/mol. The van der Waals surface area contributed by atoms with Gasteiger partial charge in [-0.1, -0.05) is 6.08 Å². The highest BCUT2D eigenvalue weighted by molar-refractivity contribution is 5.66. The minimum Gasteiger partial charge on any atom is -0.425 e. The van der Waals surface area contributed by atoms with Crippen LogP contribution in [0.2, 0.25) is 0 Å². The molecule has 10 heavy (non-hydrogen) atoms. The van der Waals surface area contributed by atoms with Gasteiger partial charge in [-0.15, -0.1) is 0 Å². The summed E-state index contributed by atoms with van der Waals surface area (Å²) < 4.78 is 13.9. The summed E-state index contributed by atoms with van der Waals surface area (Å²) in [6.07, 6.45) is 5.54. The van der Waals surface area contributed by atoms with Gasteiger partial charge in [0.2, 0.25) is 0 Å². The highest BCUT2D eigenvalue weighted by Gasteiger charge is 2.49. The zero-order valence-electron chi connectivity index (χ0n) is 4.94. The van der Waals surface area contributed by atoms with Crippen LogP contribution in [-0.4, -0.2) is 12.1 Å². The smallest absolute Gasteiger partial charge is 0.425 e. The molecular formula is C6H4O4. The minimum absolute atomic E-state index is 0.708. The zero-order valence-corrected chi connectivity index (χ0v) is 4.94. The Morgan fingerprint density at radius 2 is 2.10 bits per heavy atom. The van der Waals surface area contributed by atoms with Gasteiger partial charge >= 0.3 is 12.1 Å². The van der Waals surface area contributed by atoms with Crippen molar-refractivity contribution >= 4 is 6.16 Å². The van der Waals surface area contributed by atoms with Crippen LogP contribution in [0.1, 0.15) is 0 Å². The molecule has 4 nitrogen and oxygen atoms in total. The summed E-state index contributed by atoms with van der Waals surface area (Å²) in [5, 5.41) is 0. The Morgan fingerprint density at radius 3 is 2.60 bits per heavy atom. The molecule has 2 rings (SSSR count). The third-order valence-corrected chi connectivity index (χ3v) is 1.17. The highest BCUT2D eigenvalue weighted by Crippen LogP contribution is 2.29. The van der Waals surface area contributed by atoms with Crippen molar-refractivity contribution in [1.82, 2.24) is 0 Å². The summed E-state index contributed by atoms with van der Waals surface area (Å²) in [7, 11) is 0. The molecule has 0 atom stereocenters. The molecule has 1 saturated heterocycles. The van der Waals surface area contributed by atoms with Crippen molar-refractivity contribution in [2.75, 3.05) is 0 Å². The predicted molar refractivity (Wildman–Crippen MR) is 29.7 cm³/mol. The van der Waals surface area contributed by atoms with E-state index in [1.807, 2.05) is 0 Å². The Kier molecular flexibility index (Phi) is 0.818. The van der Waals surface area contributed by atoms with Crippen LogP contribution in [0.5, 0.6) is 0 Å². The van der Waals surface area contributed by atoms with E-state index < -0.39 is 12.1 Å². The molecule has 0 amide bonds. The van der Waals surface area contributed by atoms with Crippen molar-refractivity contribution in [3.8, 4) is 0 Å². The van der Waals surface area contributed by atoms with E-state index in [0.29, 0.717) is 0 Å². The van der Waals surface area contributed by atoms with Crippen LogP contribution in [-0.2, 0) is 14.2 Å². The van der Waals surface area contributed by atoms with Crippen molar-refractivity contribution in [3.63, 3.8) is 0 Å². The van der Waals surface area contributed by atoms with E-state index in [0.717, 1.165) is 0 Å². The van der Waals surface area contributed by atoms with Crippen molar-refractivity contribution < 1.29 is 19.0 Å². The molecule has 0 aromatic heterocycles. The SMILES string of the molecule is O=C1OC2(C=CC=CO2)O1. The van der Waals surface area contributed by atoms with Gasteiger partial charge in [-0.05, 0) is 6.08 Å². The van der Waals surface area contributed by atoms with Crippen LogP contribution in [0.3, 0.4) is 0 Å². The fourth-order valence-electron chi connectivity index (χ4n) is 0.748. The summed E-state index contributed by atoms with van der Waals surface area (Å²) in [5.41, 5.74) is 0. The Balaban J connectivity index is 2.13. The quantitative estimate of drug-likeness (QED) is 0.469. The number of allylic oxidation sites excluding steroid dienone is 2. The molecule has 2 aliphatic heterocycles. The lowest BCUT2D eigenvalue weighted by atomic mass is 10.4. The molecule has 0 N–H and O–H groups in total. The number of hydrogen-bond acceptors (Lipinski definition) is 4. The summed E-state index contributed by atoms with van der Waals surface area (Å²) in [4.78, 5) is 10.2. The molecule has 1 spiro atoms. The molecule has 0 radical (unpaired) electrons.